The van der Waals surface area contributed by atoms with Gasteiger partial charge in [0.15, 0.2) is 11.6 Å². The van der Waals surface area contributed by atoms with Crippen LogP contribution < -0.4 is 4.74 Å². The molecule has 2 atom stereocenters. The third-order valence-electron chi connectivity index (χ3n) is 3.24. The monoisotopic (exact) mass is 262 g/mol. The summed E-state index contributed by atoms with van der Waals surface area (Å²) in [4.78, 5) is 0. The Morgan fingerprint density at radius 1 is 1.44 bits per heavy atom. The molecule has 1 aliphatic carbocycles. The van der Waals surface area contributed by atoms with Crippen molar-refractivity contribution in [3.05, 3.63) is 29.0 Å². The molecule has 0 saturated heterocycles. The van der Waals surface area contributed by atoms with Gasteiger partial charge < -0.3 is 4.74 Å². The number of benzene rings is 1. The van der Waals surface area contributed by atoms with Gasteiger partial charge >= 0.3 is 0 Å². The summed E-state index contributed by atoms with van der Waals surface area (Å²) in [6.07, 6.45) is 0.684. The van der Waals surface area contributed by atoms with Crippen LogP contribution in [0.2, 0.25) is 5.02 Å². The fourth-order valence-corrected chi connectivity index (χ4v) is 2.23. The predicted molar refractivity (Wildman–Crippen MR) is 63.9 cm³/mol. The van der Waals surface area contributed by atoms with Gasteiger partial charge in [-0.15, -0.1) is 11.6 Å². The zero-order valence-electron chi connectivity index (χ0n) is 9.14. The highest BCUT2D eigenvalue weighted by molar-refractivity contribution is 6.30. The van der Waals surface area contributed by atoms with Crippen LogP contribution in [-0.4, -0.2) is 11.5 Å². The maximum Gasteiger partial charge on any atom is 0.183 e. The first-order valence-electron chi connectivity index (χ1n) is 5.17. The van der Waals surface area contributed by atoms with Crippen molar-refractivity contribution in [1.82, 2.24) is 0 Å². The average molecular weight is 263 g/mol. The van der Waals surface area contributed by atoms with Crippen LogP contribution in [0.4, 0.5) is 4.39 Å². The topological polar surface area (TPSA) is 9.23 Å². The van der Waals surface area contributed by atoms with Crippen LogP contribution in [-0.2, 0) is 0 Å². The quantitative estimate of drug-likeness (QED) is 0.724. The molecule has 4 heteroatoms. The molecule has 1 aromatic rings. The molecule has 16 heavy (non-hydrogen) atoms. The van der Waals surface area contributed by atoms with Crippen LogP contribution in [0.5, 0.6) is 5.75 Å². The van der Waals surface area contributed by atoms with Crippen molar-refractivity contribution < 1.29 is 9.13 Å². The fraction of sp³-hybridized carbons (Fsp3) is 0.500. The second-order valence-electron chi connectivity index (χ2n) is 4.68. The van der Waals surface area contributed by atoms with Gasteiger partial charge in [0.05, 0.1) is 5.02 Å². The van der Waals surface area contributed by atoms with E-state index in [0.717, 1.165) is 6.42 Å². The Hall–Kier alpha value is -0.470. The lowest BCUT2D eigenvalue weighted by atomic mass is 9.68. The van der Waals surface area contributed by atoms with E-state index < -0.39 is 5.82 Å². The molecule has 0 bridgehead atoms. The molecule has 1 aliphatic rings. The van der Waals surface area contributed by atoms with Gasteiger partial charge in [0, 0.05) is 17.2 Å². The van der Waals surface area contributed by atoms with E-state index in [0.29, 0.717) is 0 Å². The maximum absolute atomic E-state index is 13.6. The molecule has 0 N–H and O–H groups in total. The summed E-state index contributed by atoms with van der Waals surface area (Å²) in [5, 5.41) is 0.164. The number of ether oxygens (including phenoxy) is 1. The fourth-order valence-electron chi connectivity index (χ4n) is 1.76. The van der Waals surface area contributed by atoms with Gasteiger partial charge in [-0.25, -0.2) is 4.39 Å². The van der Waals surface area contributed by atoms with Gasteiger partial charge in [0.1, 0.15) is 6.10 Å². The first-order chi connectivity index (χ1) is 7.43. The summed E-state index contributed by atoms with van der Waals surface area (Å²) in [7, 11) is 0. The van der Waals surface area contributed by atoms with Gasteiger partial charge in [-0.1, -0.05) is 31.5 Å². The lowest BCUT2D eigenvalue weighted by Gasteiger charge is -2.48. The predicted octanol–water partition coefficient (Wildman–Crippen LogP) is 4.26. The van der Waals surface area contributed by atoms with E-state index in [4.69, 9.17) is 27.9 Å². The minimum absolute atomic E-state index is 0.0528. The molecule has 0 heterocycles. The van der Waals surface area contributed by atoms with Crippen molar-refractivity contribution in [1.29, 1.82) is 0 Å². The van der Waals surface area contributed by atoms with Gasteiger partial charge in [-0.05, 0) is 12.1 Å². The van der Waals surface area contributed by atoms with E-state index in [1.165, 1.54) is 6.07 Å². The zero-order chi connectivity index (χ0) is 11.9. The molecule has 0 amide bonds. The van der Waals surface area contributed by atoms with Crippen LogP contribution in [0, 0.1) is 11.2 Å². The number of rotatable bonds is 2. The van der Waals surface area contributed by atoms with E-state index >= 15 is 0 Å². The Morgan fingerprint density at radius 3 is 2.69 bits per heavy atom. The zero-order valence-corrected chi connectivity index (χ0v) is 10.6. The van der Waals surface area contributed by atoms with E-state index in [2.05, 4.69) is 0 Å². The van der Waals surface area contributed by atoms with Crippen LogP contribution in [0.25, 0.3) is 0 Å². The SMILES string of the molecule is CC1(C)C(Cl)CC1Oc1cccc(Cl)c1F. The summed E-state index contributed by atoms with van der Waals surface area (Å²) in [6.45, 7) is 4.03. The molecule has 0 aliphatic heterocycles. The smallest absolute Gasteiger partial charge is 0.183 e. The van der Waals surface area contributed by atoms with Gasteiger partial charge in [0.25, 0.3) is 0 Å². The molecule has 0 radical (unpaired) electrons. The average Bonchev–Trinajstić information content (AvgIpc) is 2.24. The number of alkyl halides is 1. The first kappa shape index (κ1) is 12.0. The Labute approximate surface area is 105 Å². The molecule has 0 spiro atoms. The highest BCUT2D eigenvalue weighted by Crippen LogP contribution is 2.46. The standard InChI is InChI=1S/C12H13Cl2FO/c1-12(2)9(14)6-10(12)16-8-5-3-4-7(13)11(8)15/h3-5,9-10H,6H2,1-2H3. The van der Waals surface area contributed by atoms with E-state index in [1.54, 1.807) is 12.1 Å². The van der Waals surface area contributed by atoms with Gasteiger partial charge in [-0.3, -0.25) is 0 Å². The Kier molecular flexibility index (Phi) is 3.06. The molecule has 1 fully saturated rings. The van der Waals surface area contributed by atoms with Crippen molar-refractivity contribution in [3.8, 4) is 5.75 Å². The second-order valence-corrected chi connectivity index (χ2v) is 5.62. The van der Waals surface area contributed by atoms with E-state index in [9.17, 15) is 4.39 Å². The summed E-state index contributed by atoms with van der Waals surface area (Å²) in [5.41, 5.74) is -0.129. The highest BCUT2D eigenvalue weighted by atomic mass is 35.5. The number of halogens is 3. The Bertz CT molecular complexity index is 406. The summed E-state index contributed by atoms with van der Waals surface area (Å²) < 4.78 is 19.2. The second kappa shape index (κ2) is 4.08. The lowest BCUT2D eigenvalue weighted by Crippen LogP contribution is -2.53. The highest BCUT2D eigenvalue weighted by Gasteiger charge is 2.49. The Morgan fingerprint density at radius 2 is 2.12 bits per heavy atom. The van der Waals surface area contributed by atoms with Crippen molar-refractivity contribution in [2.24, 2.45) is 5.41 Å². The summed E-state index contributed by atoms with van der Waals surface area (Å²) >= 11 is 11.8. The van der Waals surface area contributed by atoms with Gasteiger partial charge in [-0.2, -0.15) is 0 Å². The van der Waals surface area contributed by atoms with E-state index in [-0.39, 0.29) is 27.7 Å². The molecule has 2 unspecified atom stereocenters. The maximum atomic E-state index is 13.6. The van der Waals surface area contributed by atoms with Crippen LogP contribution in [0.15, 0.2) is 18.2 Å². The summed E-state index contributed by atoms with van der Waals surface area (Å²) in [6, 6.07) is 4.75. The Balaban J connectivity index is 2.14. The molecule has 0 aromatic heterocycles. The van der Waals surface area contributed by atoms with Crippen molar-refractivity contribution in [3.63, 3.8) is 0 Å². The molecule has 1 aromatic carbocycles. The van der Waals surface area contributed by atoms with Crippen LogP contribution in [0.1, 0.15) is 20.3 Å². The molecule has 88 valence electrons. The molecular weight excluding hydrogens is 250 g/mol. The molecule has 1 nitrogen and oxygen atoms in total. The normalized spacial score (nSPS) is 27.3. The lowest BCUT2D eigenvalue weighted by molar-refractivity contribution is -0.0153. The van der Waals surface area contributed by atoms with E-state index in [1.807, 2.05) is 13.8 Å². The third kappa shape index (κ3) is 1.89. The summed E-state index contributed by atoms with van der Waals surface area (Å²) in [5.74, 6) is -0.299. The van der Waals surface area contributed by atoms with Crippen molar-refractivity contribution in [2.45, 2.75) is 31.7 Å². The van der Waals surface area contributed by atoms with Crippen LogP contribution >= 0.6 is 23.2 Å². The third-order valence-corrected chi connectivity index (χ3v) is 4.28. The number of hydrogen-bond donors (Lipinski definition) is 0. The van der Waals surface area contributed by atoms with Crippen LogP contribution in [0.3, 0.4) is 0 Å². The van der Waals surface area contributed by atoms with Crippen molar-refractivity contribution >= 4 is 23.2 Å². The largest absolute Gasteiger partial charge is 0.487 e. The minimum atomic E-state index is -0.502. The molecule has 1 saturated carbocycles. The van der Waals surface area contributed by atoms with Crippen molar-refractivity contribution in [2.75, 3.05) is 0 Å². The molecule has 2 rings (SSSR count). The number of hydrogen-bond acceptors (Lipinski definition) is 1. The first-order valence-corrected chi connectivity index (χ1v) is 5.99. The van der Waals surface area contributed by atoms with Gasteiger partial charge in [0.2, 0.25) is 0 Å². The molecular formula is C12H13Cl2FO. The minimum Gasteiger partial charge on any atom is -0.487 e.